The van der Waals surface area contributed by atoms with E-state index in [-0.39, 0.29) is 28.6 Å². The SMILES string of the molecule is CCC[C@@]1(CCc2ccc(F)cc2)CC(O)=C([C@H](CC)c2cccc(NS(=O)(=O)c3cn(C)cn3)c2)C(=O)O1. The van der Waals surface area contributed by atoms with E-state index >= 15 is 0 Å². The number of nitrogens with zero attached hydrogens (tertiary/aromatic N) is 2. The first-order valence-electron chi connectivity index (χ1n) is 13.1. The molecule has 2 aromatic carbocycles. The second-order valence-corrected chi connectivity index (χ2v) is 11.7. The zero-order valence-electron chi connectivity index (χ0n) is 22.4. The fraction of sp³-hybridized carbons (Fsp3) is 0.379. The molecule has 10 heteroatoms. The highest BCUT2D eigenvalue weighted by molar-refractivity contribution is 7.92. The van der Waals surface area contributed by atoms with Crippen molar-refractivity contribution in [2.45, 2.75) is 68.9 Å². The van der Waals surface area contributed by atoms with E-state index in [2.05, 4.69) is 9.71 Å². The Morgan fingerprint density at radius 3 is 2.54 bits per heavy atom. The average molecular weight is 556 g/mol. The summed E-state index contributed by atoms with van der Waals surface area (Å²) in [5, 5.41) is 11.1. The van der Waals surface area contributed by atoms with Crippen LogP contribution in [0.2, 0.25) is 0 Å². The smallest absolute Gasteiger partial charge is 0.338 e. The molecule has 1 aliphatic heterocycles. The van der Waals surface area contributed by atoms with Gasteiger partial charge in [0, 0.05) is 31.3 Å². The quantitative estimate of drug-likeness (QED) is 0.290. The zero-order valence-corrected chi connectivity index (χ0v) is 23.2. The molecule has 0 amide bonds. The lowest BCUT2D eigenvalue weighted by Gasteiger charge is -2.38. The van der Waals surface area contributed by atoms with Crippen LogP contribution in [0.25, 0.3) is 0 Å². The van der Waals surface area contributed by atoms with Gasteiger partial charge in [0.15, 0.2) is 5.03 Å². The van der Waals surface area contributed by atoms with Gasteiger partial charge in [-0.1, -0.05) is 44.5 Å². The molecule has 0 unspecified atom stereocenters. The number of esters is 1. The average Bonchev–Trinajstić information content (AvgIpc) is 3.33. The summed E-state index contributed by atoms with van der Waals surface area (Å²) in [6, 6.07) is 13.0. The lowest BCUT2D eigenvalue weighted by atomic mass is 9.80. The van der Waals surface area contributed by atoms with Crippen LogP contribution in [0, 0.1) is 5.82 Å². The second kappa shape index (κ2) is 11.6. The highest BCUT2D eigenvalue weighted by atomic mass is 32.2. The highest BCUT2D eigenvalue weighted by Crippen LogP contribution is 2.42. The van der Waals surface area contributed by atoms with E-state index < -0.39 is 27.5 Å². The number of aliphatic hydroxyl groups is 1. The van der Waals surface area contributed by atoms with Crippen LogP contribution in [0.1, 0.15) is 63.0 Å². The number of cyclic esters (lactones) is 1. The fourth-order valence-corrected chi connectivity index (χ4v) is 6.23. The van der Waals surface area contributed by atoms with Crippen molar-refractivity contribution in [2.24, 2.45) is 7.05 Å². The molecule has 0 fully saturated rings. The highest BCUT2D eigenvalue weighted by Gasteiger charge is 2.43. The largest absolute Gasteiger partial charge is 0.512 e. The molecule has 2 heterocycles. The van der Waals surface area contributed by atoms with Gasteiger partial charge < -0.3 is 14.4 Å². The van der Waals surface area contributed by atoms with Gasteiger partial charge in [-0.05, 0) is 61.1 Å². The third kappa shape index (κ3) is 6.50. The molecule has 8 nitrogen and oxygen atoms in total. The number of hydrogen-bond donors (Lipinski definition) is 2. The van der Waals surface area contributed by atoms with Gasteiger partial charge in [0.25, 0.3) is 10.0 Å². The van der Waals surface area contributed by atoms with E-state index in [1.807, 2.05) is 13.8 Å². The number of ether oxygens (including phenoxy) is 1. The molecular formula is C29H34FN3O5S. The topological polar surface area (TPSA) is 111 Å². The van der Waals surface area contributed by atoms with Crippen molar-refractivity contribution in [3.05, 3.63) is 89.3 Å². The Bertz CT molecular complexity index is 1470. The van der Waals surface area contributed by atoms with E-state index in [9.17, 15) is 22.7 Å². The summed E-state index contributed by atoms with van der Waals surface area (Å²) in [5.74, 6) is -1.38. The number of imidazole rings is 1. The van der Waals surface area contributed by atoms with Gasteiger partial charge >= 0.3 is 5.97 Å². The number of sulfonamides is 1. The summed E-state index contributed by atoms with van der Waals surface area (Å²) in [5.41, 5.74) is 1.25. The molecule has 1 aromatic heterocycles. The van der Waals surface area contributed by atoms with Gasteiger partial charge in [0.05, 0.1) is 11.9 Å². The molecule has 0 saturated carbocycles. The number of hydrogen-bond acceptors (Lipinski definition) is 6. The van der Waals surface area contributed by atoms with Gasteiger partial charge in [-0.2, -0.15) is 8.42 Å². The number of nitrogens with one attached hydrogen (secondary N) is 1. The number of aliphatic hydroxyl groups excluding tert-OH is 1. The monoisotopic (exact) mass is 555 g/mol. The molecule has 2 N–H and O–H groups in total. The molecule has 208 valence electrons. The molecule has 39 heavy (non-hydrogen) atoms. The van der Waals surface area contributed by atoms with Gasteiger partial charge in [0.2, 0.25) is 0 Å². The molecule has 3 aromatic rings. The normalized spacial score (nSPS) is 18.6. The number of carbonyl (C=O) groups excluding carboxylic acids is 1. The molecule has 0 radical (unpaired) electrons. The third-order valence-corrected chi connectivity index (χ3v) is 8.34. The van der Waals surface area contributed by atoms with Crippen LogP contribution in [0.5, 0.6) is 0 Å². The van der Waals surface area contributed by atoms with Crippen molar-refractivity contribution in [1.29, 1.82) is 0 Å². The van der Waals surface area contributed by atoms with Crippen LogP contribution >= 0.6 is 0 Å². The Morgan fingerprint density at radius 2 is 1.92 bits per heavy atom. The molecule has 2 atom stereocenters. The first-order chi connectivity index (χ1) is 18.6. The number of aryl methyl sites for hydroxylation is 2. The van der Waals surface area contributed by atoms with E-state index in [0.29, 0.717) is 36.9 Å². The fourth-order valence-electron chi connectivity index (χ4n) is 5.19. The van der Waals surface area contributed by atoms with Crippen LogP contribution < -0.4 is 4.72 Å². The van der Waals surface area contributed by atoms with Crippen LogP contribution in [0.15, 0.2) is 77.4 Å². The summed E-state index contributed by atoms with van der Waals surface area (Å²) in [6.45, 7) is 3.89. The minimum absolute atomic E-state index is 0.00914. The number of benzene rings is 2. The third-order valence-electron chi connectivity index (χ3n) is 7.07. The van der Waals surface area contributed by atoms with Crippen molar-refractivity contribution < 1.29 is 27.4 Å². The van der Waals surface area contributed by atoms with E-state index in [4.69, 9.17) is 4.74 Å². The zero-order chi connectivity index (χ0) is 28.2. The lowest BCUT2D eigenvalue weighted by molar-refractivity contribution is -0.161. The number of anilines is 1. The maximum absolute atomic E-state index is 13.4. The van der Waals surface area contributed by atoms with Crippen LogP contribution in [0.3, 0.4) is 0 Å². The minimum atomic E-state index is -3.90. The second-order valence-electron chi connectivity index (χ2n) is 10.1. The van der Waals surface area contributed by atoms with Crippen molar-refractivity contribution in [1.82, 2.24) is 9.55 Å². The Balaban J connectivity index is 1.58. The first-order valence-corrected chi connectivity index (χ1v) is 14.5. The van der Waals surface area contributed by atoms with Gasteiger partial charge in [-0.15, -0.1) is 0 Å². The van der Waals surface area contributed by atoms with Crippen LogP contribution in [0.4, 0.5) is 10.1 Å². The molecular weight excluding hydrogens is 521 g/mol. The molecule has 0 spiro atoms. The van der Waals surface area contributed by atoms with Crippen molar-refractivity contribution in [2.75, 3.05) is 4.72 Å². The molecule has 0 saturated heterocycles. The number of halogens is 1. The van der Waals surface area contributed by atoms with Crippen LogP contribution in [-0.4, -0.2) is 34.6 Å². The van der Waals surface area contributed by atoms with Gasteiger partial charge in [-0.25, -0.2) is 14.2 Å². The summed E-state index contributed by atoms with van der Waals surface area (Å²) in [6.07, 6.45) is 5.89. The predicted molar refractivity (Wildman–Crippen MR) is 146 cm³/mol. The summed E-state index contributed by atoms with van der Waals surface area (Å²) in [4.78, 5) is 17.3. The lowest BCUT2D eigenvalue weighted by Crippen LogP contribution is -2.41. The number of aromatic nitrogens is 2. The Morgan fingerprint density at radius 1 is 1.18 bits per heavy atom. The summed E-state index contributed by atoms with van der Waals surface area (Å²) in [7, 11) is -2.22. The standard InChI is InChI=1S/C29H34FN3O5S/c1-4-14-29(15-13-20-9-11-22(30)12-10-20)17-25(34)27(28(35)38-29)24(5-2)21-7-6-8-23(16-21)32-39(36,37)26-18-33(3)19-31-26/h6-12,16,18-19,24,32,34H,4-5,13-15,17H2,1-3H3/t24-,29-/m1/s1. The Labute approximate surface area is 228 Å². The first kappa shape index (κ1) is 28.4. The number of carbonyl (C=O) groups is 1. The summed E-state index contributed by atoms with van der Waals surface area (Å²) < 4.78 is 49.0. The summed E-state index contributed by atoms with van der Waals surface area (Å²) >= 11 is 0. The number of rotatable bonds is 11. The molecule has 0 aliphatic carbocycles. The maximum Gasteiger partial charge on any atom is 0.338 e. The Kier molecular flexibility index (Phi) is 8.44. The van der Waals surface area contributed by atoms with E-state index in [1.165, 1.54) is 24.7 Å². The van der Waals surface area contributed by atoms with Crippen LogP contribution in [-0.2, 0) is 33.0 Å². The van der Waals surface area contributed by atoms with Crippen molar-refractivity contribution in [3.63, 3.8) is 0 Å². The maximum atomic E-state index is 13.4. The van der Waals surface area contributed by atoms with E-state index in [1.54, 1.807) is 48.0 Å². The predicted octanol–water partition coefficient (Wildman–Crippen LogP) is 5.78. The molecule has 1 aliphatic rings. The Hall–Kier alpha value is -3.66. The van der Waals surface area contributed by atoms with Gasteiger partial charge in [-0.3, -0.25) is 4.72 Å². The van der Waals surface area contributed by atoms with Gasteiger partial charge in [0.1, 0.15) is 17.2 Å². The minimum Gasteiger partial charge on any atom is -0.512 e. The molecule has 0 bridgehead atoms. The van der Waals surface area contributed by atoms with E-state index in [0.717, 1.165) is 12.0 Å². The van der Waals surface area contributed by atoms with Crippen molar-refractivity contribution >= 4 is 21.7 Å². The molecule has 4 rings (SSSR count). The van der Waals surface area contributed by atoms with Crippen molar-refractivity contribution in [3.8, 4) is 0 Å².